The Hall–Kier alpha value is -3.39. The van der Waals surface area contributed by atoms with Gasteiger partial charge in [0, 0.05) is 10.5 Å². The van der Waals surface area contributed by atoms with Gasteiger partial charge in [-0.25, -0.2) is 0 Å². The third-order valence-electron chi connectivity index (χ3n) is 4.78. The first kappa shape index (κ1) is 23.3. The summed E-state index contributed by atoms with van der Waals surface area (Å²) < 4.78 is 27.7. The van der Waals surface area contributed by atoms with E-state index in [4.69, 9.17) is 23.4 Å². The van der Waals surface area contributed by atoms with Gasteiger partial charge in [0.25, 0.3) is 0 Å². The highest BCUT2D eigenvalue weighted by Crippen LogP contribution is 2.39. The van der Waals surface area contributed by atoms with E-state index in [-0.39, 0.29) is 5.91 Å². The number of nitrogens with one attached hydrogen (secondary N) is 1. The zero-order chi connectivity index (χ0) is 23.1. The number of methoxy groups -OCH3 is 4. The molecule has 1 atom stereocenters. The van der Waals surface area contributed by atoms with Crippen LogP contribution >= 0.6 is 15.9 Å². The number of furan rings is 1. The molecule has 1 heterocycles. The fourth-order valence-corrected chi connectivity index (χ4v) is 3.75. The molecule has 3 rings (SSSR count). The molecule has 0 unspecified atom stereocenters. The lowest BCUT2D eigenvalue weighted by Gasteiger charge is -2.23. The number of rotatable bonds is 9. The smallest absolute Gasteiger partial charge is 0.244 e. The number of carbonyl (C=O) groups excluding carboxylic acids is 1. The van der Waals surface area contributed by atoms with E-state index in [9.17, 15) is 4.79 Å². The molecule has 0 aliphatic rings. The third-order valence-corrected chi connectivity index (χ3v) is 5.47. The van der Waals surface area contributed by atoms with Crippen molar-refractivity contribution in [2.24, 2.45) is 0 Å². The Morgan fingerprint density at radius 2 is 1.59 bits per heavy atom. The first-order valence-electron chi connectivity index (χ1n) is 9.66. The van der Waals surface area contributed by atoms with Gasteiger partial charge in [0.15, 0.2) is 23.0 Å². The fraction of sp³-hybridized carbons (Fsp3) is 0.208. The van der Waals surface area contributed by atoms with E-state index in [2.05, 4.69) is 21.2 Å². The molecule has 1 aromatic heterocycles. The quantitative estimate of drug-likeness (QED) is 0.415. The lowest BCUT2D eigenvalue weighted by molar-refractivity contribution is -0.116. The standard InChI is InChI=1S/C24H24BrNO6/c1-28-19-9-7-15(12-20(19)29-2)24(26-23(27)10-8-16-6-5-11-32-16)17-13-21(30-3)22(31-4)14-18(17)25/h5-14,24H,1-4H3,(H,26,27)/b10-8-/t24-/m1/s1. The molecular weight excluding hydrogens is 478 g/mol. The van der Waals surface area contributed by atoms with Crippen molar-refractivity contribution >= 4 is 27.9 Å². The van der Waals surface area contributed by atoms with Crippen molar-refractivity contribution in [1.29, 1.82) is 0 Å². The minimum absolute atomic E-state index is 0.303. The van der Waals surface area contributed by atoms with Crippen LogP contribution in [0.3, 0.4) is 0 Å². The summed E-state index contributed by atoms with van der Waals surface area (Å²) in [6.45, 7) is 0. The highest BCUT2D eigenvalue weighted by atomic mass is 79.9. The van der Waals surface area contributed by atoms with E-state index in [1.807, 2.05) is 18.2 Å². The van der Waals surface area contributed by atoms with E-state index >= 15 is 0 Å². The highest BCUT2D eigenvalue weighted by Gasteiger charge is 2.23. The van der Waals surface area contributed by atoms with Crippen molar-refractivity contribution in [2.75, 3.05) is 28.4 Å². The molecule has 0 aliphatic carbocycles. The Morgan fingerprint density at radius 1 is 0.938 bits per heavy atom. The molecule has 0 radical (unpaired) electrons. The van der Waals surface area contributed by atoms with E-state index in [1.54, 1.807) is 65.0 Å². The minimum atomic E-state index is -0.530. The van der Waals surface area contributed by atoms with Gasteiger partial charge in [0.05, 0.1) is 40.7 Å². The molecule has 168 valence electrons. The van der Waals surface area contributed by atoms with Crippen molar-refractivity contribution in [2.45, 2.75) is 6.04 Å². The summed E-state index contributed by atoms with van der Waals surface area (Å²) in [6, 6.07) is 12.1. The predicted molar refractivity (Wildman–Crippen MR) is 125 cm³/mol. The summed E-state index contributed by atoms with van der Waals surface area (Å²) in [6.07, 6.45) is 4.57. The summed E-state index contributed by atoms with van der Waals surface area (Å²) in [4.78, 5) is 12.8. The van der Waals surface area contributed by atoms with Crippen molar-refractivity contribution in [3.63, 3.8) is 0 Å². The van der Waals surface area contributed by atoms with Crippen LogP contribution < -0.4 is 24.3 Å². The van der Waals surface area contributed by atoms with Crippen LogP contribution in [0.15, 0.2) is 63.7 Å². The lowest BCUT2D eigenvalue weighted by Crippen LogP contribution is -2.28. The third kappa shape index (κ3) is 5.26. The number of amides is 1. The van der Waals surface area contributed by atoms with Gasteiger partial charge in [-0.3, -0.25) is 4.79 Å². The van der Waals surface area contributed by atoms with Crippen LogP contribution in [0, 0.1) is 0 Å². The maximum Gasteiger partial charge on any atom is 0.244 e. The molecule has 1 amide bonds. The molecule has 0 bridgehead atoms. The monoisotopic (exact) mass is 501 g/mol. The van der Waals surface area contributed by atoms with Crippen LogP contribution in [0.4, 0.5) is 0 Å². The van der Waals surface area contributed by atoms with Crippen molar-refractivity contribution < 1.29 is 28.2 Å². The molecule has 7 nitrogen and oxygen atoms in total. The van der Waals surface area contributed by atoms with Crippen LogP contribution in [0.5, 0.6) is 23.0 Å². The lowest BCUT2D eigenvalue weighted by atomic mass is 9.97. The van der Waals surface area contributed by atoms with Crippen LogP contribution in [0.1, 0.15) is 22.9 Å². The van der Waals surface area contributed by atoms with Gasteiger partial charge >= 0.3 is 0 Å². The topological polar surface area (TPSA) is 79.2 Å². The van der Waals surface area contributed by atoms with Gasteiger partial charge in [-0.15, -0.1) is 0 Å². The molecular formula is C24H24BrNO6. The van der Waals surface area contributed by atoms with Crippen molar-refractivity contribution in [1.82, 2.24) is 5.32 Å². The van der Waals surface area contributed by atoms with Crippen LogP contribution in [-0.4, -0.2) is 34.3 Å². The zero-order valence-corrected chi connectivity index (χ0v) is 19.8. The molecule has 3 aromatic rings. The van der Waals surface area contributed by atoms with Gasteiger partial charge in [0.1, 0.15) is 5.76 Å². The van der Waals surface area contributed by atoms with Gasteiger partial charge in [-0.1, -0.05) is 22.0 Å². The average Bonchev–Trinajstić information content (AvgIpc) is 3.34. The Kier molecular flexibility index (Phi) is 7.83. The number of hydrogen-bond acceptors (Lipinski definition) is 6. The van der Waals surface area contributed by atoms with Crippen molar-refractivity contribution in [3.8, 4) is 23.0 Å². The zero-order valence-electron chi connectivity index (χ0n) is 18.2. The van der Waals surface area contributed by atoms with Gasteiger partial charge < -0.3 is 28.7 Å². The Morgan fingerprint density at radius 3 is 2.22 bits per heavy atom. The Bertz CT molecular complexity index is 1090. The van der Waals surface area contributed by atoms with E-state index < -0.39 is 6.04 Å². The summed E-state index contributed by atoms with van der Waals surface area (Å²) >= 11 is 3.60. The second-order valence-electron chi connectivity index (χ2n) is 6.63. The number of halogens is 1. The number of hydrogen-bond donors (Lipinski definition) is 1. The van der Waals surface area contributed by atoms with E-state index in [0.717, 1.165) is 15.6 Å². The maximum absolute atomic E-state index is 12.8. The van der Waals surface area contributed by atoms with E-state index in [1.165, 1.54) is 6.08 Å². The van der Waals surface area contributed by atoms with Gasteiger partial charge in [-0.05, 0) is 53.6 Å². The predicted octanol–water partition coefficient (Wildman–Crippen LogP) is 5.00. The second-order valence-corrected chi connectivity index (χ2v) is 7.49. The van der Waals surface area contributed by atoms with Crippen molar-refractivity contribution in [3.05, 3.63) is 76.2 Å². The molecule has 8 heteroatoms. The fourth-order valence-electron chi connectivity index (χ4n) is 3.20. The normalized spacial score (nSPS) is 11.8. The molecule has 0 fully saturated rings. The number of ether oxygens (including phenoxy) is 4. The maximum atomic E-state index is 12.8. The van der Waals surface area contributed by atoms with Crippen LogP contribution in [-0.2, 0) is 4.79 Å². The van der Waals surface area contributed by atoms with Gasteiger partial charge in [0.2, 0.25) is 5.91 Å². The average molecular weight is 502 g/mol. The largest absolute Gasteiger partial charge is 0.493 e. The molecule has 2 aromatic carbocycles. The summed E-state index contributed by atoms with van der Waals surface area (Å²) in [7, 11) is 6.26. The van der Waals surface area contributed by atoms with E-state index in [0.29, 0.717) is 28.8 Å². The molecule has 0 saturated carbocycles. The molecule has 0 spiro atoms. The first-order valence-corrected chi connectivity index (χ1v) is 10.5. The molecule has 1 N–H and O–H groups in total. The SMILES string of the molecule is COc1ccc([C@@H](NC(=O)/C=C\c2ccco2)c2cc(OC)c(OC)cc2Br)cc1OC. The Labute approximate surface area is 195 Å². The highest BCUT2D eigenvalue weighted by molar-refractivity contribution is 9.10. The number of benzene rings is 2. The Balaban J connectivity index is 2.04. The molecule has 0 saturated heterocycles. The van der Waals surface area contributed by atoms with Gasteiger partial charge in [-0.2, -0.15) is 0 Å². The summed E-state index contributed by atoms with van der Waals surface area (Å²) in [5, 5.41) is 3.04. The van der Waals surface area contributed by atoms with Crippen LogP contribution in [0.2, 0.25) is 0 Å². The second kappa shape index (κ2) is 10.8. The minimum Gasteiger partial charge on any atom is -0.493 e. The first-order chi connectivity index (χ1) is 15.5. The summed E-state index contributed by atoms with van der Waals surface area (Å²) in [5.74, 6) is 2.52. The van der Waals surface area contributed by atoms with Crippen LogP contribution in [0.25, 0.3) is 6.08 Å². The summed E-state index contributed by atoms with van der Waals surface area (Å²) in [5.41, 5.74) is 1.56. The molecule has 32 heavy (non-hydrogen) atoms. The molecule has 0 aliphatic heterocycles. The number of carbonyl (C=O) groups is 1.